The number of carbonyl (C=O) groups is 3. The maximum absolute atomic E-state index is 13.3. The summed E-state index contributed by atoms with van der Waals surface area (Å²) in [5.74, 6) is -1.33. The molecular formula is C27H35N7O4. The number of hydrogen-bond donors (Lipinski definition) is 3. The van der Waals surface area contributed by atoms with Crippen molar-refractivity contribution in [3.05, 3.63) is 58.7 Å². The Kier molecular flexibility index (Phi) is 7.90. The van der Waals surface area contributed by atoms with Gasteiger partial charge in [-0.2, -0.15) is 0 Å². The summed E-state index contributed by atoms with van der Waals surface area (Å²) in [4.78, 5) is 42.2. The Morgan fingerprint density at radius 3 is 2.32 bits per heavy atom. The smallest absolute Gasteiger partial charge is 0.273 e. The molecule has 11 nitrogen and oxygen atoms in total. The predicted octanol–water partition coefficient (Wildman–Crippen LogP) is 3.40. The molecule has 3 aromatic rings. The van der Waals surface area contributed by atoms with Crippen molar-refractivity contribution in [2.75, 3.05) is 19.0 Å². The molecule has 2 aromatic heterocycles. The topological polar surface area (TPSA) is 154 Å². The molecule has 0 aliphatic heterocycles. The number of aromatic nitrogens is 4. The summed E-state index contributed by atoms with van der Waals surface area (Å²) in [7, 11) is 1.40. The van der Waals surface area contributed by atoms with Gasteiger partial charge >= 0.3 is 0 Å². The van der Waals surface area contributed by atoms with E-state index in [4.69, 9.17) is 10.5 Å². The quantitative estimate of drug-likeness (QED) is 0.430. The van der Waals surface area contributed by atoms with E-state index in [-0.39, 0.29) is 39.3 Å². The van der Waals surface area contributed by atoms with Crippen molar-refractivity contribution < 1.29 is 19.1 Å². The van der Waals surface area contributed by atoms with Gasteiger partial charge in [-0.15, -0.1) is 5.10 Å². The predicted molar refractivity (Wildman–Crippen MR) is 144 cm³/mol. The van der Waals surface area contributed by atoms with Gasteiger partial charge in [-0.05, 0) is 41.5 Å². The number of nitrogens with zero attached hydrogens (tertiary/aromatic N) is 4. The van der Waals surface area contributed by atoms with Crippen LogP contribution in [0.15, 0.2) is 30.6 Å². The Morgan fingerprint density at radius 2 is 1.74 bits per heavy atom. The molecule has 0 radical (unpaired) electrons. The van der Waals surface area contributed by atoms with Gasteiger partial charge in [0.25, 0.3) is 17.7 Å². The lowest BCUT2D eigenvalue weighted by Gasteiger charge is -2.23. The molecule has 0 saturated heterocycles. The SMILES string of the molecule is COc1c(NC(=O)c2cnc(C)c(-n3cc(C(=O)NCC(C)(C)C)nn3)c2)cc(C(C)(C)C)cc1C(N)=O. The third-order valence-electron chi connectivity index (χ3n) is 5.75. The molecule has 11 heteroatoms. The first-order valence-corrected chi connectivity index (χ1v) is 12.1. The minimum atomic E-state index is -0.670. The van der Waals surface area contributed by atoms with E-state index in [2.05, 4.69) is 25.9 Å². The normalized spacial score (nSPS) is 11.7. The number of carbonyl (C=O) groups excluding carboxylic acids is 3. The number of pyridine rings is 1. The Balaban J connectivity index is 1.93. The molecule has 3 amide bonds. The van der Waals surface area contributed by atoms with Crippen LogP contribution >= 0.6 is 0 Å². The zero-order valence-electron chi connectivity index (χ0n) is 23.1. The van der Waals surface area contributed by atoms with Crippen molar-refractivity contribution in [1.82, 2.24) is 25.3 Å². The number of aryl methyl sites for hydroxylation is 1. The molecule has 0 fully saturated rings. The minimum absolute atomic E-state index is 0.0822. The van der Waals surface area contributed by atoms with E-state index in [0.717, 1.165) is 5.56 Å². The highest BCUT2D eigenvalue weighted by Gasteiger charge is 2.24. The molecule has 0 unspecified atom stereocenters. The number of rotatable bonds is 7. The second kappa shape index (κ2) is 10.6. The summed E-state index contributed by atoms with van der Waals surface area (Å²) < 4.78 is 6.83. The van der Waals surface area contributed by atoms with E-state index in [1.807, 2.05) is 41.5 Å². The summed E-state index contributed by atoms with van der Waals surface area (Å²) in [5.41, 5.74) is 7.88. The van der Waals surface area contributed by atoms with E-state index in [1.54, 1.807) is 25.1 Å². The van der Waals surface area contributed by atoms with Crippen LogP contribution in [0, 0.1) is 12.3 Å². The van der Waals surface area contributed by atoms with E-state index in [9.17, 15) is 14.4 Å². The second-order valence-electron chi connectivity index (χ2n) is 11.3. The van der Waals surface area contributed by atoms with Gasteiger partial charge in [-0.1, -0.05) is 46.8 Å². The van der Waals surface area contributed by atoms with Gasteiger partial charge in [0.1, 0.15) is 0 Å². The molecule has 4 N–H and O–H groups in total. The lowest BCUT2D eigenvalue weighted by molar-refractivity contribution is 0.0932. The molecule has 0 bridgehead atoms. The van der Waals surface area contributed by atoms with Crippen LogP contribution < -0.4 is 21.1 Å². The number of ether oxygens (including phenoxy) is 1. The van der Waals surface area contributed by atoms with E-state index < -0.39 is 11.8 Å². The monoisotopic (exact) mass is 521 g/mol. The summed E-state index contributed by atoms with van der Waals surface area (Å²) in [6, 6.07) is 5.02. The molecule has 202 valence electrons. The van der Waals surface area contributed by atoms with Crippen LogP contribution in [0.1, 0.15) is 84.0 Å². The number of hydrogen-bond acceptors (Lipinski definition) is 7. The minimum Gasteiger partial charge on any atom is -0.494 e. The van der Waals surface area contributed by atoms with Crippen LogP contribution in [-0.4, -0.2) is 51.4 Å². The molecule has 0 spiro atoms. The number of amides is 3. The Bertz CT molecular complexity index is 1380. The van der Waals surface area contributed by atoms with Crippen LogP contribution in [0.5, 0.6) is 5.75 Å². The third-order valence-corrected chi connectivity index (χ3v) is 5.75. The molecule has 38 heavy (non-hydrogen) atoms. The van der Waals surface area contributed by atoms with E-state index in [0.29, 0.717) is 23.6 Å². The third kappa shape index (κ3) is 6.53. The second-order valence-corrected chi connectivity index (χ2v) is 11.3. The van der Waals surface area contributed by atoms with Crippen LogP contribution in [0.3, 0.4) is 0 Å². The van der Waals surface area contributed by atoms with Crippen molar-refractivity contribution >= 4 is 23.4 Å². The average molecular weight is 522 g/mol. The zero-order chi connectivity index (χ0) is 28.4. The van der Waals surface area contributed by atoms with Crippen LogP contribution in [0.25, 0.3) is 5.69 Å². The lowest BCUT2D eigenvalue weighted by atomic mass is 9.85. The number of methoxy groups -OCH3 is 1. The first-order valence-electron chi connectivity index (χ1n) is 12.1. The van der Waals surface area contributed by atoms with Gasteiger partial charge in [-0.3, -0.25) is 19.4 Å². The fraction of sp³-hybridized carbons (Fsp3) is 0.407. The fourth-order valence-corrected chi connectivity index (χ4v) is 3.55. The average Bonchev–Trinajstić information content (AvgIpc) is 3.31. The molecule has 0 aliphatic rings. The van der Waals surface area contributed by atoms with Gasteiger partial charge < -0.3 is 21.1 Å². The van der Waals surface area contributed by atoms with Crippen LogP contribution in [-0.2, 0) is 5.41 Å². The molecule has 0 saturated carbocycles. The van der Waals surface area contributed by atoms with Gasteiger partial charge in [-0.25, -0.2) is 4.68 Å². The molecule has 1 aromatic carbocycles. The van der Waals surface area contributed by atoms with Gasteiger partial charge in [0, 0.05) is 12.7 Å². The maximum Gasteiger partial charge on any atom is 0.273 e. The number of nitrogens with two attached hydrogens (primary N) is 1. The van der Waals surface area contributed by atoms with E-state index in [1.165, 1.54) is 24.2 Å². The molecular weight excluding hydrogens is 486 g/mol. The number of anilines is 1. The lowest BCUT2D eigenvalue weighted by Crippen LogP contribution is -2.32. The van der Waals surface area contributed by atoms with Crippen molar-refractivity contribution in [1.29, 1.82) is 0 Å². The molecule has 3 rings (SSSR count). The highest BCUT2D eigenvalue weighted by Crippen LogP contribution is 2.35. The first-order chi connectivity index (χ1) is 17.6. The van der Waals surface area contributed by atoms with Crippen LogP contribution in [0.2, 0.25) is 0 Å². The molecule has 2 heterocycles. The first kappa shape index (κ1) is 28.3. The Labute approximate surface area is 222 Å². The van der Waals surface area contributed by atoms with Crippen molar-refractivity contribution in [2.45, 2.75) is 53.9 Å². The highest BCUT2D eigenvalue weighted by atomic mass is 16.5. The fourth-order valence-electron chi connectivity index (χ4n) is 3.55. The van der Waals surface area contributed by atoms with Crippen molar-refractivity contribution in [2.24, 2.45) is 11.1 Å². The van der Waals surface area contributed by atoms with Crippen molar-refractivity contribution in [3.63, 3.8) is 0 Å². The summed E-state index contributed by atoms with van der Waals surface area (Å²) in [6.45, 7) is 14.2. The molecule has 0 atom stereocenters. The largest absolute Gasteiger partial charge is 0.494 e. The van der Waals surface area contributed by atoms with Gasteiger partial charge in [0.2, 0.25) is 0 Å². The zero-order valence-corrected chi connectivity index (χ0v) is 23.1. The maximum atomic E-state index is 13.3. The van der Waals surface area contributed by atoms with Gasteiger partial charge in [0.05, 0.1) is 41.5 Å². The molecule has 0 aliphatic carbocycles. The van der Waals surface area contributed by atoms with Crippen molar-refractivity contribution in [3.8, 4) is 11.4 Å². The summed E-state index contributed by atoms with van der Waals surface area (Å²) in [5, 5.41) is 13.7. The van der Waals surface area contributed by atoms with E-state index >= 15 is 0 Å². The summed E-state index contributed by atoms with van der Waals surface area (Å²) in [6.07, 6.45) is 2.91. The highest BCUT2D eigenvalue weighted by molar-refractivity contribution is 6.07. The Morgan fingerprint density at radius 1 is 1.05 bits per heavy atom. The standard InChI is InChI=1S/C27H35N7O4/c1-15-21(34-13-20(32-33-34)25(37)30-14-26(2,3)4)9-16(12-29-15)24(36)31-19-11-17(27(5,6)7)10-18(23(28)35)22(19)38-8/h9-13H,14H2,1-8H3,(H2,28,35)(H,30,37)(H,31,36). The number of nitrogens with one attached hydrogen (secondary N) is 2. The van der Waals surface area contributed by atoms with Gasteiger partial charge in [0.15, 0.2) is 11.4 Å². The Hall–Kier alpha value is -4.28. The number of benzene rings is 1. The summed E-state index contributed by atoms with van der Waals surface area (Å²) >= 11 is 0. The number of primary amides is 1. The van der Waals surface area contributed by atoms with Crippen LogP contribution in [0.4, 0.5) is 5.69 Å².